The van der Waals surface area contributed by atoms with Crippen LogP contribution in [0.25, 0.3) is 16.9 Å². The highest BCUT2D eigenvalue weighted by atomic mass is 19.3. The summed E-state index contributed by atoms with van der Waals surface area (Å²) in [5.74, 6) is -1.45. The number of alkyl halides is 2. The zero-order valence-electron chi connectivity index (χ0n) is 17.2. The van der Waals surface area contributed by atoms with E-state index in [2.05, 4.69) is 15.2 Å². The third-order valence-corrected chi connectivity index (χ3v) is 4.27. The van der Waals surface area contributed by atoms with Crippen LogP contribution in [0.3, 0.4) is 0 Å². The summed E-state index contributed by atoms with van der Waals surface area (Å²) in [6, 6.07) is 11.8. The summed E-state index contributed by atoms with van der Waals surface area (Å²) in [4.78, 5) is 25.6. The molecule has 0 radical (unpaired) electrons. The predicted molar refractivity (Wildman–Crippen MR) is 110 cm³/mol. The molecular weight excluding hydrogens is 427 g/mol. The number of aromatic nitrogens is 2. The van der Waals surface area contributed by atoms with Gasteiger partial charge >= 0.3 is 6.61 Å². The number of nitrogens with one attached hydrogen (secondary N) is 1. The van der Waals surface area contributed by atoms with Crippen molar-refractivity contribution >= 4 is 5.91 Å². The minimum absolute atomic E-state index is 0.0784. The largest absolute Gasteiger partial charge is 0.435 e. The maximum absolute atomic E-state index is 13.7. The quantitative estimate of drug-likeness (QED) is 0.581. The second-order valence-electron chi connectivity index (χ2n) is 7.54. The van der Waals surface area contributed by atoms with Crippen LogP contribution in [0.15, 0.2) is 59.4 Å². The Kier molecular flexibility index (Phi) is 6.64. The summed E-state index contributed by atoms with van der Waals surface area (Å²) in [6.07, 6.45) is 0. The molecule has 0 unspecified atom stereocenters. The summed E-state index contributed by atoms with van der Waals surface area (Å²) in [7, 11) is 0. The van der Waals surface area contributed by atoms with Gasteiger partial charge in [-0.1, -0.05) is 6.07 Å². The van der Waals surface area contributed by atoms with Crippen molar-refractivity contribution in [1.29, 1.82) is 0 Å². The van der Waals surface area contributed by atoms with Gasteiger partial charge in [-0.05, 0) is 62.4 Å². The van der Waals surface area contributed by atoms with E-state index in [1.165, 1.54) is 62.4 Å². The van der Waals surface area contributed by atoms with Gasteiger partial charge < -0.3 is 15.2 Å². The Labute approximate surface area is 181 Å². The average Bonchev–Trinajstić information content (AvgIpc) is 2.72. The molecule has 0 atom stereocenters. The van der Waals surface area contributed by atoms with Crippen LogP contribution in [0.1, 0.15) is 24.2 Å². The van der Waals surface area contributed by atoms with E-state index in [4.69, 9.17) is 0 Å². The van der Waals surface area contributed by atoms with Crippen LogP contribution >= 0.6 is 0 Å². The molecule has 0 spiro atoms. The van der Waals surface area contributed by atoms with Crippen molar-refractivity contribution in [2.24, 2.45) is 0 Å². The van der Waals surface area contributed by atoms with Gasteiger partial charge in [0, 0.05) is 12.1 Å². The first-order valence-electron chi connectivity index (χ1n) is 9.50. The molecule has 0 aliphatic carbocycles. The molecule has 168 valence electrons. The van der Waals surface area contributed by atoms with Gasteiger partial charge in [-0.25, -0.2) is 4.39 Å². The lowest BCUT2D eigenvalue weighted by Gasteiger charge is -2.18. The van der Waals surface area contributed by atoms with Gasteiger partial charge in [0.25, 0.3) is 11.5 Å². The molecule has 1 heterocycles. The summed E-state index contributed by atoms with van der Waals surface area (Å²) in [5, 5.41) is 16.5. The van der Waals surface area contributed by atoms with Crippen LogP contribution in [0.4, 0.5) is 13.2 Å². The third-order valence-electron chi connectivity index (χ3n) is 4.27. The zero-order chi connectivity index (χ0) is 23.5. The second kappa shape index (κ2) is 9.23. The maximum Gasteiger partial charge on any atom is 0.387 e. The van der Waals surface area contributed by atoms with Gasteiger partial charge in [-0.3, -0.25) is 9.59 Å². The summed E-state index contributed by atoms with van der Waals surface area (Å²) < 4.78 is 43.7. The molecule has 0 aliphatic heterocycles. The van der Waals surface area contributed by atoms with Gasteiger partial charge in [0.1, 0.15) is 17.1 Å². The van der Waals surface area contributed by atoms with Crippen molar-refractivity contribution in [2.75, 3.05) is 6.54 Å². The Balaban J connectivity index is 2.10. The maximum atomic E-state index is 13.7. The highest BCUT2D eigenvalue weighted by Gasteiger charge is 2.20. The molecule has 3 rings (SSSR count). The summed E-state index contributed by atoms with van der Waals surface area (Å²) in [5.41, 5.74) is -1.67. The SMILES string of the molecule is CC(C)(O)CNC(=O)c1cc(-c2ccc(OC(F)F)cc2)nn(-c2cccc(F)c2)c1=O. The number of ether oxygens (including phenoxy) is 1. The first-order valence-corrected chi connectivity index (χ1v) is 9.50. The molecule has 1 aromatic heterocycles. The van der Waals surface area contributed by atoms with Crippen LogP contribution in [-0.4, -0.2) is 39.6 Å². The number of amides is 1. The molecule has 0 bridgehead atoms. The van der Waals surface area contributed by atoms with Crippen molar-refractivity contribution in [3.63, 3.8) is 0 Å². The minimum Gasteiger partial charge on any atom is -0.435 e. The molecule has 0 aliphatic rings. The first kappa shape index (κ1) is 23.0. The van der Waals surface area contributed by atoms with E-state index in [0.717, 1.165) is 10.7 Å². The Hall–Kier alpha value is -3.66. The lowest BCUT2D eigenvalue weighted by atomic mass is 10.1. The van der Waals surface area contributed by atoms with Crippen molar-refractivity contribution in [1.82, 2.24) is 15.1 Å². The number of aliphatic hydroxyl groups is 1. The predicted octanol–water partition coefficient (Wildman–Crippen LogP) is 3.14. The fraction of sp³-hybridized carbons (Fsp3) is 0.227. The molecule has 7 nitrogen and oxygen atoms in total. The van der Waals surface area contributed by atoms with E-state index in [1.54, 1.807) is 0 Å². The van der Waals surface area contributed by atoms with Crippen molar-refractivity contribution in [2.45, 2.75) is 26.1 Å². The standard InChI is InChI=1S/C22H20F3N3O4/c1-22(2,31)12-26-19(29)17-11-18(13-6-8-16(9-7-13)32-21(24)25)27-28(20(17)30)15-5-3-4-14(23)10-15/h3-11,21,31H,12H2,1-2H3,(H,26,29). The van der Waals surface area contributed by atoms with Gasteiger partial charge in [-0.15, -0.1) is 0 Å². The van der Waals surface area contributed by atoms with Crippen molar-refractivity contribution < 1.29 is 27.8 Å². The molecular formula is C22H20F3N3O4. The Morgan fingerprint density at radius 2 is 1.88 bits per heavy atom. The van der Waals surface area contributed by atoms with E-state index in [-0.39, 0.29) is 29.2 Å². The molecule has 0 saturated carbocycles. The molecule has 0 saturated heterocycles. The molecule has 3 aromatic rings. The number of carbonyl (C=O) groups excluding carboxylic acids is 1. The summed E-state index contributed by atoms with van der Waals surface area (Å²) in [6.45, 7) is -0.138. The monoisotopic (exact) mass is 447 g/mol. The normalized spacial score (nSPS) is 11.5. The number of halogens is 3. The molecule has 2 N–H and O–H groups in total. The van der Waals surface area contributed by atoms with Crippen molar-refractivity contribution in [3.8, 4) is 22.7 Å². The second-order valence-corrected chi connectivity index (χ2v) is 7.54. The van der Waals surface area contributed by atoms with Crippen LogP contribution in [0, 0.1) is 5.82 Å². The molecule has 2 aromatic carbocycles. The lowest BCUT2D eigenvalue weighted by molar-refractivity contribution is -0.0498. The number of carbonyl (C=O) groups is 1. The Bertz CT molecular complexity index is 1170. The van der Waals surface area contributed by atoms with Crippen LogP contribution in [-0.2, 0) is 0 Å². The third kappa shape index (κ3) is 5.73. The Morgan fingerprint density at radius 1 is 1.19 bits per heavy atom. The van der Waals surface area contributed by atoms with E-state index < -0.39 is 29.5 Å². The average molecular weight is 447 g/mol. The number of nitrogens with zero attached hydrogens (tertiary/aromatic N) is 2. The van der Waals surface area contributed by atoms with Crippen molar-refractivity contribution in [3.05, 3.63) is 76.3 Å². The highest BCUT2D eigenvalue weighted by Crippen LogP contribution is 2.22. The number of benzene rings is 2. The number of rotatable bonds is 7. The zero-order valence-corrected chi connectivity index (χ0v) is 17.2. The van der Waals surface area contributed by atoms with E-state index in [9.17, 15) is 27.9 Å². The van der Waals surface area contributed by atoms with Gasteiger partial charge in [0.15, 0.2) is 0 Å². The topological polar surface area (TPSA) is 93.4 Å². The lowest BCUT2D eigenvalue weighted by Crippen LogP contribution is -2.41. The highest BCUT2D eigenvalue weighted by molar-refractivity contribution is 5.94. The first-order chi connectivity index (χ1) is 15.0. The van der Waals surface area contributed by atoms with Crippen LogP contribution in [0.5, 0.6) is 5.75 Å². The van der Waals surface area contributed by atoms with Gasteiger partial charge in [0.2, 0.25) is 0 Å². The van der Waals surface area contributed by atoms with Gasteiger partial charge in [-0.2, -0.15) is 18.6 Å². The molecule has 1 amide bonds. The summed E-state index contributed by atoms with van der Waals surface area (Å²) >= 11 is 0. The van der Waals surface area contributed by atoms with Crippen LogP contribution in [0.2, 0.25) is 0 Å². The van der Waals surface area contributed by atoms with Gasteiger partial charge in [0.05, 0.1) is 17.0 Å². The number of hydrogen-bond acceptors (Lipinski definition) is 5. The van der Waals surface area contributed by atoms with E-state index >= 15 is 0 Å². The smallest absolute Gasteiger partial charge is 0.387 e. The van der Waals surface area contributed by atoms with E-state index in [0.29, 0.717) is 5.56 Å². The van der Waals surface area contributed by atoms with E-state index in [1.807, 2.05) is 0 Å². The minimum atomic E-state index is -2.99. The molecule has 10 heteroatoms. The van der Waals surface area contributed by atoms with Crippen LogP contribution < -0.4 is 15.6 Å². The fourth-order valence-corrected chi connectivity index (χ4v) is 2.78. The molecule has 32 heavy (non-hydrogen) atoms. The fourth-order valence-electron chi connectivity index (χ4n) is 2.78. The number of hydrogen-bond donors (Lipinski definition) is 2. The molecule has 0 fully saturated rings. The Morgan fingerprint density at radius 3 is 2.47 bits per heavy atom.